The molecule has 1 aliphatic rings. The van der Waals surface area contributed by atoms with Gasteiger partial charge in [0.1, 0.15) is 18.0 Å². The van der Waals surface area contributed by atoms with Gasteiger partial charge in [-0.25, -0.2) is 15.0 Å². The van der Waals surface area contributed by atoms with Crippen molar-refractivity contribution in [3.8, 4) is 11.1 Å². The predicted molar refractivity (Wildman–Crippen MR) is 110 cm³/mol. The zero-order valence-corrected chi connectivity index (χ0v) is 15.5. The molecule has 3 heterocycles. The maximum Gasteiger partial charge on any atom is 0.140 e. The summed E-state index contributed by atoms with van der Waals surface area (Å²) in [7, 11) is 0. The van der Waals surface area contributed by atoms with Crippen molar-refractivity contribution in [1.29, 1.82) is 0 Å². The summed E-state index contributed by atoms with van der Waals surface area (Å²) in [6.45, 7) is 5.90. The number of benzene rings is 1. The number of hydrogen-bond acceptors (Lipinski definition) is 6. The van der Waals surface area contributed by atoms with E-state index < -0.39 is 0 Å². The van der Waals surface area contributed by atoms with E-state index in [4.69, 9.17) is 5.73 Å². The molecule has 1 aromatic carbocycles. The molecule has 0 aliphatic carbocycles. The Kier molecular flexibility index (Phi) is 4.87. The zero-order chi connectivity index (χ0) is 18.6. The van der Waals surface area contributed by atoms with Crippen molar-refractivity contribution in [2.75, 3.05) is 41.7 Å². The van der Waals surface area contributed by atoms with E-state index in [0.29, 0.717) is 5.82 Å². The van der Waals surface area contributed by atoms with Gasteiger partial charge in [0.25, 0.3) is 0 Å². The number of para-hydroxylation sites is 1. The lowest BCUT2D eigenvalue weighted by atomic mass is 10.0. The van der Waals surface area contributed by atoms with Crippen LogP contribution in [-0.2, 0) is 6.42 Å². The molecule has 6 heteroatoms. The Morgan fingerprint density at radius 1 is 0.889 bits per heavy atom. The van der Waals surface area contributed by atoms with E-state index in [-0.39, 0.29) is 0 Å². The van der Waals surface area contributed by atoms with Crippen LogP contribution >= 0.6 is 0 Å². The molecule has 27 heavy (non-hydrogen) atoms. The van der Waals surface area contributed by atoms with E-state index >= 15 is 0 Å². The topological polar surface area (TPSA) is 71.2 Å². The summed E-state index contributed by atoms with van der Waals surface area (Å²) < 4.78 is 0. The summed E-state index contributed by atoms with van der Waals surface area (Å²) in [5.74, 6) is 1.51. The first-order chi connectivity index (χ1) is 13.3. The van der Waals surface area contributed by atoms with Crippen LogP contribution in [0.15, 0.2) is 55.0 Å². The largest absolute Gasteiger partial charge is 0.384 e. The Labute approximate surface area is 159 Å². The number of hydrogen-bond donors (Lipinski definition) is 1. The Balaban J connectivity index is 1.62. The highest BCUT2D eigenvalue weighted by atomic mass is 15.3. The van der Waals surface area contributed by atoms with E-state index in [0.717, 1.165) is 55.2 Å². The van der Waals surface area contributed by atoms with Gasteiger partial charge in [-0.3, -0.25) is 0 Å². The standard InChI is InChI=1S/C21H24N6/c1-2-18-20(16-8-9-19(22)23-14-16)21(25-15-24-18)27-12-10-26(11-13-27)17-6-4-3-5-7-17/h3-9,14-15H,2,10-13H2,1H3,(H2,22,23). The summed E-state index contributed by atoms with van der Waals surface area (Å²) in [5, 5.41) is 0. The van der Waals surface area contributed by atoms with Crippen LogP contribution in [0, 0.1) is 0 Å². The van der Waals surface area contributed by atoms with Crippen LogP contribution in [0.2, 0.25) is 0 Å². The summed E-state index contributed by atoms with van der Waals surface area (Å²) in [6.07, 6.45) is 4.34. The van der Waals surface area contributed by atoms with Crippen molar-refractivity contribution in [3.05, 3.63) is 60.7 Å². The molecule has 2 aromatic heterocycles. The number of nitrogen functional groups attached to an aromatic ring is 1. The fourth-order valence-corrected chi connectivity index (χ4v) is 3.58. The quantitative estimate of drug-likeness (QED) is 0.771. The smallest absolute Gasteiger partial charge is 0.140 e. The van der Waals surface area contributed by atoms with E-state index in [9.17, 15) is 0 Å². The molecule has 1 fully saturated rings. The van der Waals surface area contributed by atoms with Gasteiger partial charge in [-0.15, -0.1) is 0 Å². The van der Waals surface area contributed by atoms with Crippen molar-refractivity contribution in [2.24, 2.45) is 0 Å². The molecule has 0 saturated carbocycles. The SMILES string of the molecule is CCc1ncnc(N2CCN(c3ccccc3)CC2)c1-c1ccc(N)nc1. The fraction of sp³-hybridized carbons (Fsp3) is 0.286. The Bertz CT molecular complexity index is 886. The molecule has 1 aliphatic heterocycles. The van der Waals surface area contributed by atoms with Crippen molar-refractivity contribution in [3.63, 3.8) is 0 Å². The summed E-state index contributed by atoms with van der Waals surface area (Å²) in [4.78, 5) is 18.2. The monoisotopic (exact) mass is 360 g/mol. The van der Waals surface area contributed by atoms with Gasteiger partial charge in [0.05, 0.1) is 5.69 Å². The molecular weight excluding hydrogens is 336 g/mol. The molecule has 0 unspecified atom stereocenters. The van der Waals surface area contributed by atoms with Crippen molar-refractivity contribution < 1.29 is 0 Å². The maximum absolute atomic E-state index is 5.77. The van der Waals surface area contributed by atoms with Crippen LogP contribution in [0.25, 0.3) is 11.1 Å². The number of nitrogens with two attached hydrogens (primary N) is 1. The normalized spacial score (nSPS) is 14.4. The summed E-state index contributed by atoms with van der Waals surface area (Å²) in [6, 6.07) is 14.4. The third kappa shape index (κ3) is 3.56. The molecule has 0 bridgehead atoms. The van der Waals surface area contributed by atoms with E-state index in [1.54, 1.807) is 6.33 Å². The lowest BCUT2D eigenvalue weighted by Crippen LogP contribution is -2.47. The second-order valence-corrected chi connectivity index (χ2v) is 6.65. The van der Waals surface area contributed by atoms with Crippen LogP contribution < -0.4 is 15.5 Å². The van der Waals surface area contributed by atoms with Gasteiger partial charge in [-0.1, -0.05) is 25.1 Å². The van der Waals surface area contributed by atoms with Gasteiger partial charge >= 0.3 is 0 Å². The maximum atomic E-state index is 5.77. The summed E-state index contributed by atoms with van der Waals surface area (Å²) in [5.41, 5.74) is 10.2. The molecule has 4 rings (SSSR count). The van der Waals surface area contributed by atoms with Crippen molar-refractivity contribution >= 4 is 17.3 Å². The Morgan fingerprint density at radius 3 is 2.30 bits per heavy atom. The predicted octanol–water partition coefficient (Wildman–Crippen LogP) is 3.01. The Hall–Kier alpha value is -3.15. The molecule has 0 spiro atoms. The third-order valence-electron chi connectivity index (χ3n) is 5.02. The molecular formula is C21H24N6. The van der Waals surface area contributed by atoms with Gasteiger partial charge < -0.3 is 15.5 Å². The van der Waals surface area contributed by atoms with Crippen LogP contribution in [0.4, 0.5) is 17.3 Å². The minimum Gasteiger partial charge on any atom is -0.384 e. The van der Waals surface area contributed by atoms with Gasteiger partial charge in [0.2, 0.25) is 0 Å². The fourth-order valence-electron chi connectivity index (χ4n) is 3.58. The first-order valence-corrected chi connectivity index (χ1v) is 9.37. The number of aromatic nitrogens is 3. The molecule has 2 N–H and O–H groups in total. The van der Waals surface area contributed by atoms with Crippen molar-refractivity contribution in [1.82, 2.24) is 15.0 Å². The first-order valence-electron chi connectivity index (χ1n) is 9.37. The van der Waals surface area contributed by atoms with Gasteiger partial charge in [0, 0.05) is 49.2 Å². The lowest BCUT2D eigenvalue weighted by Gasteiger charge is -2.37. The van der Waals surface area contributed by atoms with E-state index in [1.807, 2.05) is 18.3 Å². The molecule has 0 amide bonds. The molecule has 138 valence electrons. The Morgan fingerprint density at radius 2 is 1.63 bits per heavy atom. The molecule has 6 nitrogen and oxygen atoms in total. The van der Waals surface area contributed by atoms with Crippen LogP contribution in [0.3, 0.4) is 0 Å². The van der Waals surface area contributed by atoms with Crippen LogP contribution in [0.1, 0.15) is 12.6 Å². The average molecular weight is 360 g/mol. The summed E-state index contributed by atoms with van der Waals surface area (Å²) >= 11 is 0. The van der Waals surface area contributed by atoms with Gasteiger partial charge in [-0.05, 0) is 30.7 Å². The highest BCUT2D eigenvalue weighted by Crippen LogP contribution is 2.32. The molecule has 0 atom stereocenters. The van der Waals surface area contributed by atoms with E-state index in [1.165, 1.54) is 5.69 Å². The molecule has 1 saturated heterocycles. The highest BCUT2D eigenvalue weighted by Gasteiger charge is 2.23. The second-order valence-electron chi connectivity index (χ2n) is 6.65. The number of aryl methyl sites for hydroxylation is 1. The number of pyridine rings is 1. The van der Waals surface area contributed by atoms with E-state index in [2.05, 4.69) is 62.0 Å². The van der Waals surface area contributed by atoms with Crippen LogP contribution in [-0.4, -0.2) is 41.1 Å². The van der Waals surface area contributed by atoms with Crippen molar-refractivity contribution in [2.45, 2.75) is 13.3 Å². The molecule has 0 radical (unpaired) electrons. The van der Waals surface area contributed by atoms with Gasteiger partial charge in [-0.2, -0.15) is 0 Å². The second kappa shape index (κ2) is 7.61. The highest BCUT2D eigenvalue weighted by molar-refractivity contribution is 5.78. The lowest BCUT2D eigenvalue weighted by molar-refractivity contribution is 0.646. The average Bonchev–Trinajstić information content (AvgIpc) is 2.74. The number of rotatable bonds is 4. The number of nitrogens with zero attached hydrogens (tertiary/aromatic N) is 5. The third-order valence-corrected chi connectivity index (χ3v) is 5.02. The minimum atomic E-state index is 0.520. The first kappa shape index (κ1) is 17.3. The molecule has 3 aromatic rings. The van der Waals surface area contributed by atoms with Gasteiger partial charge in [0.15, 0.2) is 0 Å². The number of anilines is 3. The zero-order valence-electron chi connectivity index (χ0n) is 15.5. The van der Waals surface area contributed by atoms with Crippen LogP contribution in [0.5, 0.6) is 0 Å². The minimum absolute atomic E-state index is 0.520. The number of piperazine rings is 1.